The highest BCUT2D eigenvalue weighted by Crippen LogP contribution is 2.31. The van der Waals surface area contributed by atoms with E-state index in [0.29, 0.717) is 10.8 Å². The van der Waals surface area contributed by atoms with Crippen LogP contribution in [0.15, 0.2) is 47.8 Å². The smallest absolute Gasteiger partial charge is 0.187 e. The number of hydrogen-bond donors (Lipinski definition) is 3. The monoisotopic (exact) mass is 382 g/mol. The molecule has 0 radical (unpaired) electrons. The van der Waals surface area contributed by atoms with Crippen LogP contribution in [0.5, 0.6) is 11.5 Å². The zero-order valence-electron chi connectivity index (χ0n) is 15.1. The molecular formula is C20H22N4O2S. The summed E-state index contributed by atoms with van der Waals surface area (Å²) in [6.07, 6.45) is 0. The van der Waals surface area contributed by atoms with Gasteiger partial charge in [-0.25, -0.2) is 4.98 Å². The van der Waals surface area contributed by atoms with Crippen molar-refractivity contribution in [1.29, 1.82) is 0 Å². The maximum Gasteiger partial charge on any atom is 0.187 e. The number of phenolic OH excluding ortho intramolecular Hbond substituents is 2. The van der Waals surface area contributed by atoms with Crippen LogP contribution < -0.4 is 10.2 Å². The summed E-state index contributed by atoms with van der Waals surface area (Å²) in [5, 5.41) is 25.0. The molecule has 0 amide bonds. The molecule has 0 saturated carbocycles. The number of aromatic hydroxyl groups is 2. The first-order chi connectivity index (χ1) is 13.1. The molecule has 4 rings (SSSR count). The van der Waals surface area contributed by atoms with Gasteiger partial charge in [0.15, 0.2) is 5.13 Å². The third kappa shape index (κ3) is 4.15. The second kappa shape index (κ2) is 7.46. The van der Waals surface area contributed by atoms with Crippen molar-refractivity contribution in [2.24, 2.45) is 0 Å². The average Bonchev–Trinajstić information content (AvgIpc) is 3.10. The molecule has 1 aliphatic heterocycles. The Balaban J connectivity index is 1.46. The Labute approximate surface area is 162 Å². The van der Waals surface area contributed by atoms with Crippen molar-refractivity contribution in [3.05, 3.63) is 47.8 Å². The molecule has 2 heterocycles. The first-order valence-electron chi connectivity index (χ1n) is 8.86. The SMILES string of the molecule is CN1CCN(c2ccc(-c3csc(Nc4cc(O)cc(O)c4)n3)cc2)CC1. The van der Waals surface area contributed by atoms with Gasteiger partial charge in [0, 0.05) is 66.7 Å². The van der Waals surface area contributed by atoms with Crippen LogP contribution in [0.3, 0.4) is 0 Å². The second-order valence-corrected chi connectivity index (χ2v) is 7.60. The third-order valence-electron chi connectivity index (χ3n) is 4.69. The van der Waals surface area contributed by atoms with Crippen molar-refractivity contribution in [2.45, 2.75) is 0 Å². The number of phenols is 2. The molecular weight excluding hydrogens is 360 g/mol. The number of aromatic nitrogens is 1. The number of hydrogen-bond acceptors (Lipinski definition) is 7. The van der Waals surface area contributed by atoms with Gasteiger partial charge in [-0.2, -0.15) is 0 Å². The lowest BCUT2D eigenvalue weighted by Gasteiger charge is -2.34. The number of benzene rings is 2. The van der Waals surface area contributed by atoms with Crippen LogP contribution in [0.25, 0.3) is 11.3 Å². The summed E-state index contributed by atoms with van der Waals surface area (Å²) < 4.78 is 0. The minimum atomic E-state index is 0.00812. The predicted octanol–water partition coefficient (Wildman–Crippen LogP) is 3.72. The summed E-state index contributed by atoms with van der Waals surface area (Å²) in [4.78, 5) is 9.37. The van der Waals surface area contributed by atoms with Gasteiger partial charge >= 0.3 is 0 Å². The highest BCUT2D eigenvalue weighted by molar-refractivity contribution is 7.14. The summed E-state index contributed by atoms with van der Waals surface area (Å²) in [5.41, 5.74) is 3.81. The van der Waals surface area contributed by atoms with Crippen molar-refractivity contribution in [2.75, 3.05) is 43.4 Å². The molecule has 140 valence electrons. The molecule has 2 aromatic carbocycles. The Bertz CT molecular complexity index is 898. The maximum absolute atomic E-state index is 9.58. The Hall–Kier alpha value is -2.77. The van der Waals surface area contributed by atoms with Gasteiger partial charge in [0.25, 0.3) is 0 Å². The van der Waals surface area contributed by atoms with E-state index < -0.39 is 0 Å². The first kappa shape index (κ1) is 17.6. The maximum atomic E-state index is 9.58. The van der Waals surface area contributed by atoms with Gasteiger partial charge in [-0.1, -0.05) is 12.1 Å². The van der Waals surface area contributed by atoms with Gasteiger partial charge in [0.05, 0.1) is 5.69 Å². The average molecular weight is 382 g/mol. The molecule has 6 nitrogen and oxygen atoms in total. The number of thiazole rings is 1. The van der Waals surface area contributed by atoms with Crippen molar-refractivity contribution < 1.29 is 10.2 Å². The third-order valence-corrected chi connectivity index (χ3v) is 5.45. The van der Waals surface area contributed by atoms with Crippen LogP contribution in [0, 0.1) is 0 Å². The summed E-state index contributed by atoms with van der Waals surface area (Å²) in [5.74, 6) is 0.0162. The summed E-state index contributed by atoms with van der Waals surface area (Å²) in [7, 11) is 2.16. The zero-order valence-corrected chi connectivity index (χ0v) is 15.9. The van der Waals surface area contributed by atoms with E-state index in [2.05, 4.69) is 51.4 Å². The largest absolute Gasteiger partial charge is 0.508 e. The van der Waals surface area contributed by atoms with Crippen LogP contribution in [-0.4, -0.2) is 53.3 Å². The Morgan fingerprint density at radius 2 is 1.63 bits per heavy atom. The fraction of sp³-hybridized carbons (Fsp3) is 0.250. The van der Waals surface area contributed by atoms with Crippen molar-refractivity contribution in [3.63, 3.8) is 0 Å². The summed E-state index contributed by atoms with van der Waals surface area (Å²) in [6.45, 7) is 4.29. The molecule has 1 saturated heterocycles. The quantitative estimate of drug-likeness (QED) is 0.639. The number of rotatable bonds is 4. The van der Waals surface area contributed by atoms with Gasteiger partial charge in [0.1, 0.15) is 11.5 Å². The number of nitrogens with one attached hydrogen (secondary N) is 1. The molecule has 0 spiro atoms. The van der Waals surface area contributed by atoms with Crippen molar-refractivity contribution in [1.82, 2.24) is 9.88 Å². The summed E-state index contributed by atoms with van der Waals surface area (Å²) >= 11 is 1.48. The molecule has 0 atom stereocenters. The lowest BCUT2D eigenvalue weighted by Crippen LogP contribution is -2.44. The van der Waals surface area contributed by atoms with Gasteiger partial charge in [-0.15, -0.1) is 11.3 Å². The van der Waals surface area contributed by atoms with E-state index in [4.69, 9.17) is 0 Å². The minimum absolute atomic E-state index is 0.00812. The predicted molar refractivity (Wildman–Crippen MR) is 110 cm³/mol. The fourth-order valence-corrected chi connectivity index (χ4v) is 3.90. The van der Waals surface area contributed by atoms with E-state index in [1.165, 1.54) is 23.1 Å². The van der Waals surface area contributed by atoms with Crippen LogP contribution in [-0.2, 0) is 0 Å². The molecule has 1 aliphatic rings. The summed E-state index contributed by atoms with van der Waals surface area (Å²) in [6, 6.07) is 12.9. The van der Waals surface area contributed by atoms with E-state index in [9.17, 15) is 10.2 Å². The van der Waals surface area contributed by atoms with Gasteiger partial charge < -0.3 is 25.3 Å². The van der Waals surface area contributed by atoms with E-state index in [0.717, 1.165) is 37.4 Å². The van der Waals surface area contributed by atoms with Crippen molar-refractivity contribution in [3.8, 4) is 22.8 Å². The second-order valence-electron chi connectivity index (χ2n) is 6.74. The molecule has 1 fully saturated rings. The topological polar surface area (TPSA) is 71.9 Å². The van der Waals surface area contributed by atoms with Crippen LogP contribution >= 0.6 is 11.3 Å². The fourth-order valence-electron chi connectivity index (χ4n) is 3.16. The van der Waals surface area contributed by atoms with E-state index in [-0.39, 0.29) is 11.5 Å². The molecule has 0 unspecified atom stereocenters. The zero-order chi connectivity index (χ0) is 18.8. The Kier molecular flexibility index (Phi) is 4.87. The standard InChI is InChI=1S/C20H22N4O2S/c1-23-6-8-24(9-7-23)16-4-2-14(3-5-16)19-13-27-20(22-19)21-15-10-17(25)12-18(26)11-15/h2-5,10-13,25-26H,6-9H2,1H3,(H,21,22). The molecule has 0 bridgehead atoms. The van der Waals surface area contributed by atoms with Crippen LogP contribution in [0.4, 0.5) is 16.5 Å². The lowest BCUT2D eigenvalue weighted by atomic mass is 10.1. The molecule has 27 heavy (non-hydrogen) atoms. The number of likely N-dealkylation sites (N-methyl/N-ethyl adjacent to an activating group) is 1. The Morgan fingerprint density at radius 1 is 0.963 bits per heavy atom. The first-order valence-corrected chi connectivity index (χ1v) is 9.74. The number of nitrogens with zero attached hydrogens (tertiary/aromatic N) is 3. The normalized spacial score (nSPS) is 15.1. The van der Waals surface area contributed by atoms with E-state index in [1.54, 1.807) is 12.1 Å². The van der Waals surface area contributed by atoms with Crippen LogP contribution in [0.1, 0.15) is 0 Å². The van der Waals surface area contributed by atoms with Crippen LogP contribution in [0.2, 0.25) is 0 Å². The number of anilines is 3. The lowest BCUT2D eigenvalue weighted by molar-refractivity contribution is 0.313. The van der Waals surface area contributed by atoms with Gasteiger partial charge in [-0.05, 0) is 19.2 Å². The van der Waals surface area contributed by atoms with Crippen molar-refractivity contribution >= 4 is 27.8 Å². The molecule has 1 aromatic heterocycles. The van der Waals surface area contributed by atoms with Gasteiger partial charge in [-0.3, -0.25) is 0 Å². The molecule has 0 aliphatic carbocycles. The minimum Gasteiger partial charge on any atom is -0.508 e. The van der Waals surface area contributed by atoms with E-state index in [1.807, 2.05) is 5.38 Å². The molecule has 3 aromatic rings. The highest BCUT2D eigenvalue weighted by atomic mass is 32.1. The Morgan fingerprint density at radius 3 is 2.30 bits per heavy atom. The molecule has 3 N–H and O–H groups in total. The van der Waals surface area contributed by atoms with E-state index >= 15 is 0 Å². The van der Waals surface area contributed by atoms with Gasteiger partial charge in [0.2, 0.25) is 0 Å². The highest BCUT2D eigenvalue weighted by Gasteiger charge is 2.14. The number of piperazine rings is 1. The molecule has 7 heteroatoms.